The highest BCUT2D eigenvalue weighted by atomic mass is 19.1. The third-order valence-electron chi connectivity index (χ3n) is 3.56. The van der Waals surface area contributed by atoms with Crippen LogP contribution in [0.4, 0.5) is 20.6 Å². The molecule has 148 valence electrons. The topological polar surface area (TPSA) is 97.0 Å². The van der Waals surface area contributed by atoms with Gasteiger partial charge in [0.25, 0.3) is 0 Å². The predicted molar refractivity (Wildman–Crippen MR) is 97.0 cm³/mol. The Hall–Kier alpha value is -2.84. The van der Waals surface area contributed by atoms with Gasteiger partial charge in [0, 0.05) is 6.92 Å². The fourth-order valence-corrected chi connectivity index (χ4v) is 2.46. The van der Waals surface area contributed by atoms with E-state index >= 15 is 0 Å². The van der Waals surface area contributed by atoms with Crippen LogP contribution in [-0.4, -0.2) is 49.3 Å². The zero-order valence-electron chi connectivity index (χ0n) is 15.8. The molecule has 1 aromatic rings. The van der Waals surface area contributed by atoms with Crippen molar-refractivity contribution in [3.8, 4) is 0 Å². The molecule has 0 spiro atoms. The standard InChI is InChI=1S/C18H24FN3O5/c1-11(23)20-8-13-10-22(17(25)26-13)12-5-6-15(14(19)7-12)21-9-16(24)27-18(2,3)4/h5-7,13,21H,8-10H2,1-4H3,(H,20,23)/t13-/m0/s1. The maximum Gasteiger partial charge on any atom is 0.414 e. The molecule has 8 nitrogen and oxygen atoms in total. The quantitative estimate of drug-likeness (QED) is 0.732. The van der Waals surface area contributed by atoms with Gasteiger partial charge in [-0.1, -0.05) is 0 Å². The van der Waals surface area contributed by atoms with E-state index in [0.29, 0.717) is 5.69 Å². The largest absolute Gasteiger partial charge is 0.459 e. The van der Waals surface area contributed by atoms with Gasteiger partial charge in [-0.2, -0.15) is 0 Å². The van der Waals surface area contributed by atoms with Crippen molar-refractivity contribution in [2.75, 3.05) is 29.9 Å². The number of halogens is 1. The summed E-state index contributed by atoms with van der Waals surface area (Å²) < 4.78 is 24.6. The lowest BCUT2D eigenvalue weighted by Crippen LogP contribution is -2.33. The molecule has 1 aliphatic heterocycles. The molecule has 1 fully saturated rings. The van der Waals surface area contributed by atoms with E-state index in [1.807, 2.05) is 0 Å². The molecule has 0 bridgehead atoms. The van der Waals surface area contributed by atoms with Gasteiger partial charge in [-0.25, -0.2) is 9.18 Å². The molecule has 2 amide bonds. The summed E-state index contributed by atoms with van der Waals surface area (Å²) in [5.41, 5.74) is -0.178. The van der Waals surface area contributed by atoms with Crippen molar-refractivity contribution < 1.29 is 28.2 Å². The third kappa shape index (κ3) is 6.12. The zero-order valence-corrected chi connectivity index (χ0v) is 15.8. The van der Waals surface area contributed by atoms with Gasteiger partial charge in [-0.05, 0) is 39.0 Å². The van der Waals surface area contributed by atoms with Gasteiger partial charge in [-0.3, -0.25) is 14.5 Å². The van der Waals surface area contributed by atoms with Crippen LogP contribution in [0.1, 0.15) is 27.7 Å². The number of rotatable bonds is 6. The average Bonchev–Trinajstić information content (AvgIpc) is 2.91. The number of anilines is 2. The van der Waals surface area contributed by atoms with Crippen molar-refractivity contribution in [1.29, 1.82) is 0 Å². The number of ether oxygens (including phenoxy) is 2. The SMILES string of the molecule is CC(=O)NC[C@H]1CN(c2ccc(NCC(=O)OC(C)(C)C)c(F)c2)C(=O)O1. The number of carbonyl (C=O) groups is 3. The second-order valence-corrected chi connectivity index (χ2v) is 7.16. The van der Waals surface area contributed by atoms with Gasteiger partial charge < -0.3 is 20.1 Å². The molecule has 1 aromatic carbocycles. The number of cyclic esters (lactones) is 1. The molecule has 1 atom stereocenters. The third-order valence-corrected chi connectivity index (χ3v) is 3.56. The second-order valence-electron chi connectivity index (χ2n) is 7.16. The molecule has 9 heteroatoms. The van der Waals surface area contributed by atoms with E-state index in [1.165, 1.54) is 24.0 Å². The number of amides is 2. The second kappa shape index (κ2) is 8.24. The molecular weight excluding hydrogens is 357 g/mol. The summed E-state index contributed by atoms with van der Waals surface area (Å²) >= 11 is 0. The van der Waals surface area contributed by atoms with E-state index in [2.05, 4.69) is 10.6 Å². The van der Waals surface area contributed by atoms with Crippen LogP contribution in [0, 0.1) is 5.82 Å². The van der Waals surface area contributed by atoms with E-state index in [1.54, 1.807) is 26.8 Å². The van der Waals surface area contributed by atoms with Gasteiger partial charge in [0.05, 0.1) is 24.5 Å². The molecule has 2 rings (SSSR count). The molecule has 1 aliphatic rings. The normalized spacial score (nSPS) is 16.7. The van der Waals surface area contributed by atoms with E-state index in [-0.39, 0.29) is 31.2 Å². The van der Waals surface area contributed by atoms with Gasteiger partial charge in [0.1, 0.15) is 24.1 Å². The molecular formula is C18H24FN3O5. The highest BCUT2D eigenvalue weighted by Gasteiger charge is 2.32. The molecule has 0 saturated carbocycles. The number of carbonyl (C=O) groups excluding carboxylic acids is 3. The van der Waals surface area contributed by atoms with Gasteiger partial charge in [0.2, 0.25) is 5.91 Å². The monoisotopic (exact) mass is 381 g/mol. The first kappa shape index (κ1) is 20.5. The average molecular weight is 381 g/mol. The lowest BCUT2D eigenvalue weighted by Gasteiger charge is -2.20. The number of hydrogen-bond acceptors (Lipinski definition) is 6. The minimum Gasteiger partial charge on any atom is -0.459 e. The maximum absolute atomic E-state index is 14.3. The van der Waals surface area contributed by atoms with Gasteiger partial charge in [-0.15, -0.1) is 0 Å². The van der Waals surface area contributed by atoms with Crippen molar-refractivity contribution in [2.24, 2.45) is 0 Å². The van der Waals surface area contributed by atoms with Crippen LogP contribution < -0.4 is 15.5 Å². The van der Waals surface area contributed by atoms with Crippen LogP contribution in [-0.2, 0) is 19.1 Å². The molecule has 1 saturated heterocycles. The summed E-state index contributed by atoms with van der Waals surface area (Å²) in [4.78, 5) is 35.9. The van der Waals surface area contributed by atoms with Crippen LogP contribution in [0.25, 0.3) is 0 Å². The Labute approximate surface area is 157 Å². The Kier molecular flexibility index (Phi) is 6.24. The lowest BCUT2D eigenvalue weighted by molar-refractivity contribution is -0.152. The fraction of sp³-hybridized carbons (Fsp3) is 0.500. The Morgan fingerprint density at radius 1 is 1.37 bits per heavy atom. The minimum atomic E-state index is -0.620. The summed E-state index contributed by atoms with van der Waals surface area (Å²) in [5, 5.41) is 5.25. The number of benzene rings is 1. The van der Waals surface area contributed by atoms with Crippen LogP contribution in [0.3, 0.4) is 0 Å². The van der Waals surface area contributed by atoms with E-state index < -0.39 is 29.6 Å². The van der Waals surface area contributed by atoms with Crippen molar-refractivity contribution in [3.63, 3.8) is 0 Å². The highest BCUT2D eigenvalue weighted by Crippen LogP contribution is 2.26. The van der Waals surface area contributed by atoms with E-state index in [0.717, 1.165) is 0 Å². The Morgan fingerprint density at radius 3 is 2.67 bits per heavy atom. The van der Waals surface area contributed by atoms with Crippen LogP contribution >= 0.6 is 0 Å². The summed E-state index contributed by atoms with van der Waals surface area (Å²) in [7, 11) is 0. The Balaban J connectivity index is 1.97. The summed E-state index contributed by atoms with van der Waals surface area (Å²) in [6, 6.07) is 4.16. The molecule has 0 aliphatic carbocycles. The van der Waals surface area contributed by atoms with Crippen molar-refractivity contribution in [1.82, 2.24) is 5.32 Å². The van der Waals surface area contributed by atoms with Crippen molar-refractivity contribution >= 4 is 29.3 Å². The number of nitrogens with zero attached hydrogens (tertiary/aromatic N) is 1. The minimum absolute atomic E-state index is 0.118. The van der Waals surface area contributed by atoms with Crippen LogP contribution in [0.2, 0.25) is 0 Å². The van der Waals surface area contributed by atoms with E-state index in [4.69, 9.17) is 9.47 Å². The molecule has 27 heavy (non-hydrogen) atoms. The maximum atomic E-state index is 14.3. The molecule has 1 heterocycles. The first-order valence-electron chi connectivity index (χ1n) is 8.53. The van der Waals surface area contributed by atoms with Gasteiger partial charge >= 0.3 is 12.1 Å². The highest BCUT2D eigenvalue weighted by molar-refractivity contribution is 5.90. The van der Waals surface area contributed by atoms with Crippen molar-refractivity contribution in [2.45, 2.75) is 39.4 Å². The smallest absolute Gasteiger partial charge is 0.414 e. The number of esters is 1. The first-order valence-corrected chi connectivity index (χ1v) is 8.53. The van der Waals surface area contributed by atoms with Gasteiger partial charge in [0.15, 0.2) is 0 Å². The van der Waals surface area contributed by atoms with Crippen molar-refractivity contribution in [3.05, 3.63) is 24.0 Å². The summed E-state index contributed by atoms with van der Waals surface area (Å²) in [5.74, 6) is -1.35. The molecule has 0 radical (unpaired) electrons. The predicted octanol–water partition coefficient (Wildman–Crippen LogP) is 2.04. The fourth-order valence-electron chi connectivity index (χ4n) is 2.46. The summed E-state index contributed by atoms with van der Waals surface area (Å²) in [6.45, 7) is 6.81. The molecule has 2 N–H and O–H groups in total. The Bertz CT molecular complexity index is 732. The van der Waals surface area contributed by atoms with Crippen LogP contribution in [0.5, 0.6) is 0 Å². The van der Waals surface area contributed by atoms with E-state index in [9.17, 15) is 18.8 Å². The molecule has 0 unspecified atom stereocenters. The first-order chi connectivity index (χ1) is 12.5. The number of hydrogen-bond donors (Lipinski definition) is 2. The zero-order chi connectivity index (χ0) is 20.2. The lowest BCUT2D eigenvalue weighted by atomic mass is 10.2. The summed E-state index contributed by atoms with van der Waals surface area (Å²) in [6.07, 6.45) is -1.12. The Morgan fingerprint density at radius 2 is 2.07 bits per heavy atom. The number of nitrogens with one attached hydrogen (secondary N) is 2. The molecule has 0 aromatic heterocycles. The van der Waals surface area contributed by atoms with Crippen LogP contribution in [0.15, 0.2) is 18.2 Å².